The molecule has 1 saturated heterocycles. The monoisotopic (exact) mass is 338 g/mol. The molecule has 1 fully saturated rings. The van der Waals surface area contributed by atoms with Crippen molar-refractivity contribution < 1.29 is 13.2 Å². The number of rotatable bonds is 5. The fourth-order valence-corrected chi connectivity index (χ4v) is 4.58. The number of hydrogen-bond acceptors (Lipinski definition) is 4. The Morgan fingerprint density at radius 2 is 2.04 bits per heavy atom. The molecule has 5 nitrogen and oxygen atoms in total. The molecule has 0 spiro atoms. The van der Waals surface area contributed by atoms with Gasteiger partial charge in [-0.05, 0) is 51.3 Å². The second-order valence-corrected chi connectivity index (χ2v) is 8.91. The van der Waals surface area contributed by atoms with Crippen LogP contribution in [0.5, 0.6) is 0 Å². The second-order valence-electron chi connectivity index (χ2n) is 6.68. The van der Waals surface area contributed by atoms with Gasteiger partial charge >= 0.3 is 0 Å². The lowest BCUT2D eigenvalue weighted by Gasteiger charge is -2.30. The standard InChI is InChI=1S/C17H26N2O3S/c1-12(2)19(16-9-13(3)5-6-14(16)4)10-17(20)18-15-7-8-23(21,22)11-15/h5-6,9,12,15H,7-8,10-11H2,1-4H3,(H,18,20)/t15-/m0/s1. The Balaban J connectivity index is 2.08. The third-order valence-corrected chi connectivity index (χ3v) is 5.98. The Bertz CT molecular complexity index is 683. The highest BCUT2D eigenvalue weighted by atomic mass is 32.2. The number of amides is 1. The molecule has 1 aliphatic rings. The molecule has 0 aliphatic carbocycles. The van der Waals surface area contributed by atoms with E-state index in [-0.39, 0.29) is 36.0 Å². The average molecular weight is 338 g/mol. The fourth-order valence-electron chi connectivity index (χ4n) is 2.91. The van der Waals surface area contributed by atoms with Gasteiger partial charge < -0.3 is 10.2 Å². The number of nitrogens with zero attached hydrogens (tertiary/aromatic N) is 1. The first-order valence-corrected chi connectivity index (χ1v) is 9.84. The minimum Gasteiger partial charge on any atom is -0.360 e. The maximum Gasteiger partial charge on any atom is 0.239 e. The fraction of sp³-hybridized carbons (Fsp3) is 0.588. The van der Waals surface area contributed by atoms with Crippen LogP contribution >= 0.6 is 0 Å². The summed E-state index contributed by atoms with van der Waals surface area (Å²) in [5, 5.41) is 2.86. The zero-order chi connectivity index (χ0) is 17.2. The molecule has 0 aromatic heterocycles. The first-order valence-electron chi connectivity index (χ1n) is 8.01. The first kappa shape index (κ1) is 17.8. The smallest absolute Gasteiger partial charge is 0.239 e. The van der Waals surface area contributed by atoms with Crippen LogP contribution in [0.25, 0.3) is 0 Å². The van der Waals surface area contributed by atoms with E-state index in [0.29, 0.717) is 6.42 Å². The van der Waals surface area contributed by atoms with Crippen LogP contribution in [0.3, 0.4) is 0 Å². The van der Waals surface area contributed by atoms with Crippen LogP contribution in [0.4, 0.5) is 5.69 Å². The zero-order valence-corrected chi connectivity index (χ0v) is 15.1. The van der Waals surface area contributed by atoms with Gasteiger partial charge in [0.25, 0.3) is 0 Å². The highest BCUT2D eigenvalue weighted by Crippen LogP contribution is 2.23. The van der Waals surface area contributed by atoms with Gasteiger partial charge in [0.2, 0.25) is 5.91 Å². The lowest BCUT2D eigenvalue weighted by atomic mass is 10.1. The molecule has 128 valence electrons. The zero-order valence-electron chi connectivity index (χ0n) is 14.3. The highest BCUT2D eigenvalue weighted by molar-refractivity contribution is 7.91. The average Bonchev–Trinajstić information content (AvgIpc) is 2.78. The molecule has 0 bridgehead atoms. The van der Waals surface area contributed by atoms with E-state index in [9.17, 15) is 13.2 Å². The Kier molecular flexibility index (Phi) is 5.34. The number of carbonyl (C=O) groups excluding carboxylic acids is 1. The summed E-state index contributed by atoms with van der Waals surface area (Å²) in [7, 11) is -2.98. The van der Waals surface area contributed by atoms with E-state index in [1.807, 2.05) is 13.8 Å². The summed E-state index contributed by atoms with van der Waals surface area (Å²) in [6, 6.07) is 6.12. The summed E-state index contributed by atoms with van der Waals surface area (Å²) >= 11 is 0. The summed E-state index contributed by atoms with van der Waals surface area (Å²) in [4.78, 5) is 14.4. The SMILES string of the molecule is Cc1ccc(C)c(N(CC(=O)N[C@H]2CCS(=O)(=O)C2)C(C)C)c1. The Hall–Kier alpha value is -1.56. The van der Waals surface area contributed by atoms with Gasteiger partial charge in [-0.15, -0.1) is 0 Å². The summed E-state index contributed by atoms with van der Waals surface area (Å²) in [5.41, 5.74) is 3.33. The van der Waals surface area contributed by atoms with E-state index in [4.69, 9.17) is 0 Å². The molecule has 1 N–H and O–H groups in total. The van der Waals surface area contributed by atoms with Crippen molar-refractivity contribution in [1.82, 2.24) is 5.32 Å². The van der Waals surface area contributed by atoms with E-state index >= 15 is 0 Å². The van der Waals surface area contributed by atoms with Gasteiger partial charge in [-0.25, -0.2) is 8.42 Å². The minimum absolute atomic E-state index is 0.0594. The molecule has 0 radical (unpaired) electrons. The molecule has 0 saturated carbocycles. The van der Waals surface area contributed by atoms with Crippen LogP contribution < -0.4 is 10.2 Å². The molecule has 1 amide bonds. The maximum atomic E-state index is 12.3. The van der Waals surface area contributed by atoms with Crippen molar-refractivity contribution in [2.45, 2.75) is 46.2 Å². The van der Waals surface area contributed by atoms with Crippen LogP contribution in [0.1, 0.15) is 31.4 Å². The van der Waals surface area contributed by atoms with Crippen LogP contribution in [-0.4, -0.2) is 44.5 Å². The number of nitrogens with one attached hydrogen (secondary N) is 1. The Morgan fingerprint density at radius 1 is 1.35 bits per heavy atom. The van der Waals surface area contributed by atoms with Crippen LogP contribution in [0.15, 0.2) is 18.2 Å². The molecule has 1 aromatic rings. The van der Waals surface area contributed by atoms with E-state index in [1.165, 1.54) is 0 Å². The second kappa shape index (κ2) is 6.91. The Labute approximate surface area is 139 Å². The first-order chi connectivity index (χ1) is 10.7. The predicted molar refractivity (Wildman–Crippen MR) is 93.6 cm³/mol. The number of hydrogen-bond donors (Lipinski definition) is 1. The lowest BCUT2D eigenvalue weighted by Crippen LogP contribution is -2.45. The molecule has 1 heterocycles. The maximum absolute atomic E-state index is 12.3. The van der Waals surface area contributed by atoms with Gasteiger partial charge in [-0.1, -0.05) is 12.1 Å². The number of anilines is 1. The molecule has 1 atom stereocenters. The number of benzene rings is 1. The van der Waals surface area contributed by atoms with Crippen LogP contribution in [0, 0.1) is 13.8 Å². The normalized spacial score (nSPS) is 19.8. The third-order valence-electron chi connectivity index (χ3n) is 4.21. The number of sulfone groups is 1. The molecule has 6 heteroatoms. The molecule has 1 aromatic carbocycles. The summed E-state index contributed by atoms with van der Waals surface area (Å²) < 4.78 is 23.0. The van der Waals surface area contributed by atoms with Gasteiger partial charge in [0.1, 0.15) is 0 Å². The molecule has 1 aliphatic heterocycles. The molecule has 23 heavy (non-hydrogen) atoms. The van der Waals surface area contributed by atoms with E-state index in [0.717, 1.165) is 16.8 Å². The lowest BCUT2D eigenvalue weighted by molar-refractivity contribution is -0.120. The van der Waals surface area contributed by atoms with Gasteiger partial charge in [0, 0.05) is 17.8 Å². The van der Waals surface area contributed by atoms with E-state index in [1.54, 1.807) is 0 Å². The van der Waals surface area contributed by atoms with Gasteiger partial charge in [-0.2, -0.15) is 0 Å². The summed E-state index contributed by atoms with van der Waals surface area (Å²) in [6.07, 6.45) is 0.513. The molecular formula is C17H26N2O3S. The predicted octanol–water partition coefficient (Wildman–Crippen LogP) is 1.82. The van der Waals surface area contributed by atoms with Crippen molar-refractivity contribution >= 4 is 21.4 Å². The van der Waals surface area contributed by atoms with Crippen molar-refractivity contribution in [3.05, 3.63) is 29.3 Å². The van der Waals surface area contributed by atoms with Crippen molar-refractivity contribution in [3.8, 4) is 0 Å². The molecule has 0 unspecified atom stereocenters. The van der Waals surface area contributed by atoms with Gasteiger partial charge in [0.05, 0.1) is 18.1 Å². The van der Waals surface area contributed by atoms with Crippen molar-refractivity contribution in [3.63, 3.8) is 0 Å². The molecular weight excluding hydrogens is 312 g/mol. The largest absolute Gasteiger partial charge is 0.360 e. The van der Waals surface area contributed by atoms with Crippen LogP contribution in [0.2, 0.25) is 0 Å². The van der Waals surface area contributed by atoms with Gasteiger partial charge in [0.15, 0.2) is 9.84 Å². The summed E-state index contributed by atoms with van der Waals surface area (Å²) in [5.74, 6) is 0.105. The summed E-state index contributed by atoms with van der Waals surface area (Å²) in [6.45, 7) is 8.40. The number of carbonyl (C=O) groups is 1. The van der Waals surface area contributed by atoms with E-state index in [2.05, 4.69) is 42.3 Å². The Morgan fingerprint density at radius 3 is 2.61 bits per heavy atom. The highest BCUT2D eigenvalue weighted by Gasteiger charge is 2.29. The van der Waals surface area contributed by atoms with Gasteiger partial charge in [-0.3, -0.25) is 4.79 Å². The topological polar surface area (TPSA) is 66.5 Å². The van der Waals surface area contributed by atoms with Crippen molar-refractivity contribution in [1.29, 1.82) is 0 Å². The minimum atomic E-state index is -2.98. The van der Waals surface area contributed by atoms with Crippen LogP contribution in [-0.2, 0) is 14.6 Å². The van der Waals surface area contributed by atoms with E-state index < -0.39 is 9.84 Å². The number of aryl methyl sites for hydroxylation is 2. The quantitative estimate of drug-likeness (QED) is 0.889. The third kappa shape index (κ3) is 4.70. The van der Waals surface area contributed by atoms with Crippen molar-refractivity contribution in [2.75, 3.05) is 23.0 Å². The van der Waals surface area contributed by atoms with Crippen molar-refractivity contribution in [2.24, 2.45) is 0 Å². The molecule has 2 rings (SSSR count).